The largest absolute Gasteiger partial charge is 0.393 e. The maximum atomic E-state index is 9.63. The summed E-state index contributed by atoms with van der Waals surface area (Å²) in [5.74, 6) is 0.435. The molecule has 17 heavy (non-hydrogen) atoms. The lowest BCUT2D eigenvalue weighted by Crippen LogP contribution is -2.37. The van der Waals surface area contributed by atoms with Gasteiger partial charge in [-0.3, -0.25) is 0 Å². The van der Waals surface area contributed by atoms with Crippen molar-refractivity contribution in [3.8, 4) is 0 Å². The number of nitrogens with zero attached hydrogens (tertiary/aromatic N) is 3. The zero-order chi connectivity index (χ0) is 12.5. The molecule has 0 amide bonds. The van der Waals surface area contributed by atoms with Gasteiger partial charge in [0.1, 0.15) is 5.60 Å². The third-order valence-corrected chi connectivity index (χ3v) is 2.46. The Hall–Kier alpha value is -1.66. The van der Waals surface area contributed by atoms with Gasteiger partial charge in [0, 0.05) is 12.7 Å². The van der Waals surface area contributed by atoms with E-state index in [1.807, 2.05) is 25.3 Å². The van der Waals surface area contributed by atoms with Gasteiger partial charge in [-0.05, 0) is 31.5 Å². The van der Waals surface area contributed by atoms with Gasteiger partial charge in [-0.15, -0.1) is 5.10 Å². The lowest BCUT2D eigenvalue weighted by atomic mass is 10.1. The minimum atomic E-state index is -1.17. The van der Waals surface area contributed by atoms with E-state index in [9.17, 15) is 5.11 Å². The monoisotopic (exact) mass is 236 g/mol. The summed E-state index contributed by atoms with van der Waals surface area (Å²) in [5.41, 5.74) is 0.683. The van der Waals surface area contributed by atoms with Gasteiger partial charge in [0.2, 0.25) is 5.95 Å². The first kappa shape index (κ1) is 11.8. The normalized spacial score (nSPS) is 14.8. The molecular formula is C11H16N4O2. The van der Waals surface area contributed by atoms with Crippen LogP contribution in [0.3, 0.4) is 0 Å². The molecule has 1 unspecified atom stereocenters. The van der Waals surface area contributed by atoms with E-state index in [2.05, 4.69) is 15.4 Å². The molecular weight excluding hydrogens is 220 g/mol. The van der Waals surface area contributed by atoms with Crippen molar-refractivity contribution in [3.05, 3.63) is 23.9 Å². The van der Waals surface area contributed by atoms with Crippen LogP contribution in [0.4, 0.5) is 5.95 Å². The Labute approximate surface area is 98.9 Å². The fraction of sp³-hybridized carbons (Fsp3) is 0.455. The second-order valence-corrected chi connectivity index (χ2v) is 4.45. The Morgan fingerprint density at radius 1 is 1.53 bits per heavy atom. The van der Waals surface area contributed by atoms with E-state index in [0.29, 0.717) is 5.95 Å². The number of aryl methyl sites for hydroxylation is 1. The number of hydrogen-bond donors (Lipinski definition) is 3. The molecule has 0 aliphatic rings. The number of fused-ring (bicyclic) bond motifs is 1. The van der Waals surface area contributed by atoms with Crippen molar-refractivity contribution in [2.24, 2.45) is 0 Å². The Bertz CT molecular complexity index is 521. The average Bonchev–Trinajstić information content (AvgIpc) is 2.68. The highest BCUT2D eigenvalue weighted by molar-refractivity contribution is 5.45. The second-order valence-electron chi connectivity index (χ2n) is 4.45. The summed E-state index contributed by atoms with van der Waals surface area (Å²) in [4.78, 5) is 4.26. The van der Waals surface area contributed by atoms with Gasteiger partial charge in [-0.2, -0.15) is 4.98 Å². The number of aromatic nitrogens is 3. The van der Waals surface area contributed by atoms with E-state index >= 15 is 0 Å². The van der Waals surface area contributed by atoms with Crippen molar-refractivity contribution < 1.29 is 10.2 Å². The number of nitrogens with one attached hydrogen (secondary N) is 1. The minimum Gasteiger partial charge on any atom is -0.393 e. The Kier molecular flexibility index (Phi) is 2.99. The number of aliphatic hydroxyl groups is 2. The number of pyridine rings is 1. The number of aliphatic hydroxyl groups excluding tert-OH is 1. The first-order chi connectivity index (χ1) is 8.00. The number of hydrogen-bond acceptors (Lipinski definition) is 5. The van der Waals surface area contributed by atoms with Crippen molar-refractivity contribution in [2.75, 3.05) is 18.5 Å². The van der Waals surface area contributed by atoms with Gasteiger partial charge in [0.05, 0.1) is 6.61 Å². The molecule has 3 N–H and O–H groups in total. The molecule has 2 heterocycles. The lowest BCUT2D eigenvalue weighted by Gasteiger charge is -2.19. The summed E-state index contributed by atoms with van der Waals surface area (Å²) in [6.07, 6.45) is 1.83. The molecule has 2 aromatic rings. The Balaban J connectivity index is 2.15. The maximum Gasteiger partial charge on any atom is 0.243 e. The number of rotatable bonds is 4. The van der Waals surface area contributed by atoms with Crippen LogP contribution in [-0.2, 0) is 0 Å². The summed E-state index contributed by atoms with van der Waals surface area (Å²) in [5, 5.41) is 25.6. The van der Waals surface area contributed by atoms with Gasteiger partial charge < -0.3 is 15.5 Å². The van der Waals surface area contributed by atoms with E-state index < -0.39 is 5.60 Å². The zero-order valence-electron chi connectivity index (χ0n) is 9.88. The SMILES string of the molecule is Cc1ccn2nc(NCC(C)(O)CO)nc2c1. The van der Waals surface area contributed by atoms with Gasteiger partial charge >= 0.3 is 0 Å². The molecule has 2 aromatic heterocycles. The Morgan fingerprint density at radius 3 is 3.00 bits per heavy atom. The summed E-state index contributed by atoms with van der Waals surface area (Å²) in [7, 11) is 0. The first-order valence-corrected chi connectivity index (χ1v) is 5.40. The molecule has 0 aliphatic heterocycles. The van der Waals surface area contributed by atoms with Gasteiger partial charge in [0.15, 0.2) is 5.65 Å². The summed E-state index contributed by atoms with van der Waals surface area (Å²) >= 11 is 0. The van der Waals surface area contributed by atoms with E-state index in [1.165, 1.54) is 0 Å². The zero-order valence-corrected chi connectivity index (χ0v) is 9.88. The van der Waals surface area contributed by atoms with Gasteiger partial charge in [-0.1, -0.05) is 0 Å². The highest BCUT2D eigenvalue weighted by atomic mass is 16.3. The van der Waals surface area contributed by atoms with Crippen LogP contribution in [0.15, 0.2) is 18.3 Å². The highest BCUT2D eigenvalue weighted by Crippen LogP contribution is 2.09. The standard InChI is InChI=1S/C11H16N4O2/c1-8-3-4-15-9(5-8)13-10(14-15)12-6-11(2,17)7-16/h3-5,16-17H,6-7H2,1-2H3,(H,12,14). The molecule has 0 spiro atoms. The van der Waals surface area contributed by atoms with Crippen LogP contribution in [-0.4, -0.2) is 43.6 Å². The topological polar surface area (TPSA) is 82.7 Å². The van der Waals surface area contributed by atoms with Gasteiger partial charge in [-0.25, -0.2) is 4.52 Å². The smallest absolute Gasteiger partial charge is 0.243 e. The van der Waals surface area contributed by atoms with E-state index in [1.54, 1.807) is 11.4 Å². The molecule has 92 valence electrons. The van der Waals surface area contributed by atoms with Crippen molar-refractivity contribution >= 4 is 11.6 Å². The fourth-order valence-corrected chi connectivity index (χ4v) is 1.38. The third-order valence-electron chi connectivity index (χ3n) is 2.46. The summed E-state index contributed by atoms with van der Waals surface area (Å²) < 4.78 is 1.66. The molecule has 0 radical (unpaired) electrons. The molecule has 6 nitrogen and oxygen atoms in total. The molecule has 2 rings (SSSR count). The van der Waals surface area contributed by atoms with Crippen LogP contribution in [0.2, 0.25) is 0 Å². The predicted octanol–water partition coefficient (Wildman–Crippen LogP) is 0.193. The molecule has 0 saturated carbocycles. The van der Waals surface area contributed by atoms with Crippen LogP contribution in [0.5, 0.6) is 0 Å². The van der Waals surface area contributed by atoms with Crippen LogP contribution in [0.25, 0.3) is 5.65 Å². The summed E-state index contributed by atoms with van der Waals surface area (Å²) in [6.45, 7) is 3.41. The van der Waals surface area contributed by atoms with Crippen LogP contribution in [0.1, 0.15) is 12.5 Å². The van der Waals surface area contributed by atoms with Gasteiger partial charge in [0.25, 0.3) is 0 Å². The van der Waals surface area contributed by atoms with Crippen molar-refractivity contribution in [1.29, 1.82) is 0 Å². The molecule has 0 aliphatic carbocycles. The molecule has 0 saturated heterocycles. The molecule has 0 aromatic carbocycles. The maximum absolute atomic E-state index is 9.63. The molecule has 6 heteroatoms. The van der Waals surface area contributed by atoms with Crippen molar-refractivity contribution in [1.82, 2.24) is 14.6 Å². The highest BCUT2D eigenvalue weighted by Gasteiger charge is 2.19. The molecule has 1 atom stereocenters. The average molecular weight is 236 g/mol. The number of anilines is 1. The Morgan fingerprint density at radius 2 is 2.29 bits per heavy atom. The van der Waals surface area contributed by atoms with E-state index in [4.69, 9.17) is 5.11 Å². The van der Waals surface area contributed by atoms with Crippen LogP contribution in [0, 0.1) is 6.92 Å². The predicted molar refractivity (Wildman–Crippen MR) is 63.9 cm³/mol. The third kappa shape index (κ3) is 2.72. The quantitative estimate of drug-likeness (QED) is 0.706. The van der Waals surface area contributed by atoms with Crippen LogP contribution < -0.4 is 5.32 Å². The molecule has 0 fully saturated rings. The van der Waals surface area contributed by atoms with E-state index in [0.717, 1.165) is 11.2 Å². The minimum absolute atomic E-state index is 0.194. The van der Waals surface area contributed by atoms with E-state index in [-0.39, 0.29) is 13.2 Å². The first-order valence-electron chi connectivity index (χ1n) is 5.40. The second kappa shape index (κ2) is 4.31. The van der Waals surface area contributed by atoms with Crippen LogP contribution >= 0.6 is 0 Å². The van der Waals surface area contributed by atoms with Crippen molar-refractivity contribution in [2.45, 2.75) is 19.4 Å². The lowest BCUT2D eigenvalue weighted by molar-refractivity contribution is 0.0131. The van der Waals surface area contributed by atoms with Crippen molar-refractivity contribution in [3.63, 3.8) is 0 Å². The fourth-order valence-electron chi connectivity index (χ4n) is 1.38. The molecule has 0 bridgehead atoms. The summed E-state index contributed by atoms with van der Waals surface area (Å²) in [6, 6.07) is 3.86.